The molecule has 1 amide bonds. The molecule has 0 spiro atoms. The number of nitrogens with zero attached hydrogens (tertiary/aromatic N) is 3. The highest BCUT2D eigenvalue weighted by molar-refractivity contribution is 6.04. The third-order valence-electron chi connectivity index (χ3n) is 4.14. The summed E-state index contributed by atoms with van der Waals surface area (Å²) in [7, 11) is 0. The standard InChI is InChI=1S/C22H16N4O6/c1-14(27)32-20-9-17(22(28)25-21-7-6-18(12-24-21)26(29)30)8-19(10-20)31-13-16-5-3-2-4-15(16)11-23/h2-10,12H,13H2,1H3,(H,24,25,28). The van der Waals surface area contributed by atoms with Crippen molar-refractivity contribution in [1.29, 1.82) is 5.26 Å². The van der Waals surface area contributed by atoms with Crippen molar-refractivity contribution < 1.29 is 24.0 Å². The Balaban J connectivity index is 1.82. The van der Waals surface area contributed by atoms with Gasteiger partial charge in [-0.25, -0.2) is 4.98 Å². The second kappa shape index (κ2) is 9.82. The van der Waals surface area contributed by atoms with Crippen LogP contribution in [-0.2, 0) is 11.4 Å². The topological polar surface area (TPSA) is 144 Å². The molecule has 0 atom stereocenters. The lowest BCUT2D eigenvalue weighted by Crippen LogP contribution is -2.14. The molecule has 0 bridgehead atoms. The number of carbonyl (C=O) groups is 2. The number of hydrogen-bond donors (Lipinski definition) is 1. The number of amides is 1. The summed E-state index contributed by atoms with van der Waals surface area (Å²) >= 11 is 0. The molecular weight excluding hydrogens is 416 g/mol. The van der Waals surface area contributed by atoms with Crippen molar-refractivity contribution in [2.45, 2.75) is 13.5 Å². The Morgan fingerprint density at radius 1 is 1.16 bits per heavy atom. The second-order valence-electron chi connectivity index (χ2n) is 6.46. The molecule has 2 aromatic carbocycles. The molecule has 1 heterocycles. The lowest BCUT2D eigenvalue weighted by atomic mass is 10.1. The van der Waals surface area contributed by atoms with E-state index in [0.29, 0.717) is 11.1 Å². The van der Waals surface area contributed by atoms with Crippen molar-refractivity contribution in [3.05, 3.63) is 87.6 Å². The van der Waals surface area contributed by atoms with Gasteiger partial charge in [0.2, 0.25) is 0 Å². The molecule has 0 aliphatic carbocycles. The van der Waals surface area contributed by atoms with Crippen molar-refractivity contribution >= 4 is 23.4 Å². The molecule has 0 aliphatic heterocycles. The van der Waals surface area contributed by atoms with E-state index in [-0.39, 0.29) is 35.2 Å². The molecule has 0 fully saturated rings. The predicted molar refractivity (Wildman–Crippen MR) is 112 cm³/mol. The van der Waals surface area contributed by atoms with Gasteiger partial charge in [0.25, 0.3) is 11.6 Å². The molecular formula is C22H16N4O6. The van der Waals surface area contributed by atoms with Gasteiger partial charge < -0.3 is 14.8 Å². The Bertz CT molecular complexity index is 1220. The summed E-state index contributed by atoms with van der Waals surface area (Å²) in [6.07, 6.45) is 1.02. The zero-order valence-electron chi connectivity index (χ0n) is 16.8. The van der Waals surface area contributed by atoms with Crippen LogP contribution in [0.3, 0.4) is 0 Å². The maximum absolute atomic E-state index is 12.7. The van der Waals surface area contributed by atoms with Crippen LogP contribution in [0.2, 0.25) is 0 Å². The Labute approximate surface area is 182 Å². The van der Waals surface area contributed by atoms with E-state index >= 15 is 0 Å². The zero-order valence-corrected chi connectivity index (χ0v) is 16.8. The number of carbonyl (C=O) groups excluding carboxylic acids is 2. The third-order valence-corrected chi connectivity index (χ3v) is 4.14. The number of nitrogens with one attached hydrogen (secondary N) is 1. The fraction of sp³-hybridized carbons (Fsp3) is 0.0909. The summed E-state index contributed by atoms with van der Waals surface area (Å²) < 4.78 is 10.8. The fourth-order valence-corrected chi connectivity index (χ4v) is 2.68. The van der Waals surface area contributed by atoms with Crippen LogP contribution < -0.4 is 14.8 Å². The van der Waals surface area contributed by atoms with Crippen LogP contribution in [0.5, 0.6) is 11.5 Å². The molecule has 3 aromatic rings. The zero-order chi connectivity index (χ0) is 23.1. The lowest BCUT2D eigenvalue weighted by Gasteiger charge is -2.12. The van der Waals surface area contributed by atoms with Crippen molar-refractivity contribution in [1.82, 2.24) is 4.98 Å². The van der Waals surface area contributed by atoms with E-state index in [9.17, 15) is 25.0 Å². The summed E-state index contributed by atoms with van der Waals surface area (Å²) in [5.74, 6) is -0.754. The van der Waals surface area contributed by atoms with Crippen molar-refractivity contribution in [3.8, 4) is 17.6 Å². The van der Waals surface area contributed by atoms with Crippen molar-refractivity contribution in [2.75, 3.05) is 5.32 Å². The number of anilines is 1. The summed E-state index contributed by atoms with van der Waals surface area (Å²) in [6.45, 7) is 1.27. The summed E-state index contributed by atoms with van der Waals surface area (Å²) in [5, 5.41) is 22.4. The van der Waals surface area contributed by atoms with Crippen LogP contribution in [0.25, 0.3) is 0 Å². The first-order valence-electron chi connectivity index (χ1n) is 9.22. The van der Waals surface area contributed by atoms with Crippen LogP contribution in [0.4, 0.5) is 11.5 Å². The quantitative estimate of drug-likeness (QED) is 0.258. The van der Waals surface area contributed by atoms with E-state index in [1.807, 2.05) is 0 Å². The summed E-state index contributed by atoms with van der Waals surface area (Å²) in [4.78, 5) is 38.0. The predicted octanol–water partition coefficient (Wildman–Crippen LogP) is 3.62. The van der Waals surface area contributed by atoms with Gasteiger partial charge in [-0.1, -0.05) is 18.2 Å². The second-order valence-corrected chi connectivity index (χ2v) is 6.46. The summed E-state index contributed by atoms with van der Waals surface area (Å²) in [6, 6.07) is 15.7. The highest BCUT2D eigenvalue weighted by atomic mass is 16.6. The van der Waals surface area contributed by atoms with Gasteiger partial charge in [-0.05, 0) is 24.3 Å². The Morgan fingerprint density at radius 3 is 2.56 bits per heavy atom. The minimum atomic E-state index is -0.602. The van der Waals surface area contributed by atoms with E-state index in [1.165, 1.54) is 37.3 Å². The monoisotopic (exact) mass is 432 g/mol. The molecule has 3 rings (SSSR count). The summed E-state index contributed by atoms with van der Waals surface area (Å²) in [5.41, 5.74) is 0.987. The van der Waals surface area contributed by atoms with Gasteiger partial charge in [-0.3, -0.25) is 19.7 Å². The number of ether oxygens (including phenoxy) is 2. The smallest absolute Gasteiger partial charge is 0.308 e. The van der Waals surface area contributed by atoms with E-state index < -0.39 is 16.8 Å². The molecule has 0 saturated carbocycles. The molecule has 10 nitrogen and oxygen atoms in total. The van der Waals surface area contributed by atoms with Gasteiger partial charge in [0.15, 0.2) is 0 Å². The third kappa shape index (κ3) is 5.64. The maximum Gasteiger partial charge on any atom is 0.308 e. The normalized spacial score (nSPS) is 10.0. The Hall–Kier alpha value is -4.78. The van der Waals surface area contributed by atoms with Gasteiger partial charge in [-0.15, -0.1) is 0 Å². The van der Waals surface area contributed by atoms with Crippen LogP contribution in [0.15, 0.2) is 60.8 Å². The largest absolute Gasteiger partial charge is 0.489 e. The van der Waals surface area contributed by atoms with Crippen LogP contribution in [-0.4, -0.2) is 21.8 Å². The van der Waals surface area contributed by atoms with Crippen LogP contribution >= 0.6 is 0 Å². The molecule has 0 unspecified atom stereocenters. The number of aromatic nitrogens is 1. The van der Waals surface area contributed by atoms with Gasteiger partial charge >= 0.3 is 5.97 Å². The van der Waals surface area contributed by atoms with E-state index in [2.05, 4.69) is 16.4 Å². The number of rotatable bonds is 7. The first kappa shape index (κ1) is 21.9. The molecule has 10 heteroatoms. The Morgan fingerprint density at radius 2 is 1.91 bits per heavy atom. The number of nitro groups is 1. The highest BCUT2D eigenvalue weighted by Gasteiger charge is 2.14. The molecule has 160 valence electrons. The first-order chi connectivity index (χ1) is 15.4. The van der Waals surface area contributed by atoms with E-state index in [4.69, 9.17) is 9.47 Å². The number of esters is 1. The molecule has 0 saturated heterocycles. The van der Waals surface area contributed by atoms with Crippen molar-refractivity contribution in [2.24, 2.45) is 0 Å². The number of hydrogen-bond acceptors (Lipinski definition) is 8. The molecule has 32 heavy (non-hydrogen) atoms. The molecule has 0 aliphatic rings. The number of pyridine rings is 1. The van der Waals surface area contributed by atoms with Gasteiger partial charge in [0.1, 0.15) is 30.1 Å². The number of benzene rings is 2. The van der Waals surface area contributed by atoms with Gasteiger partial charge in [0.05, 0.1) is 16.6 Å². The van der Waals surface area contributed by atoms with Gasteiger partial charge in [0, 0.05) is 30.2 Å². The minimum Gasteiger partial charge on any atom is -0.489 e. The molecule has 1 N–H and O–H groups in total. The fourth-order valence-electron chi connectivity index (χ4n) is 2.68. The highest BCUT2D eigenvalue weighted by Crippen LogP contribution is 2.25. The minimum absolute atomic E-state index is 0.0538. The average molecular weight is 432 g/mol. The Kier molecular flexibility index (Phi) is 6.72. The van der Waals surface area contributed by atoms with Crippen molar-refractivity contribution in [3.63, 3.8) is 0 Å². The maximum atomic E-state index is 12.7. The average Bonchev–Trinajstić information content (AvgIpc) is 2.77. The van der Waals surface area contributed by atoms with E-state index in [1.54, 1.807) is 24.3 Å². The SMILES string of the molecule is CC(=O)Oc1cc(OCc2ccccc2C#N)cc(C(=O)Nc2ccc([N+](=O)[O-])cn2)c1. The number of nitriles is 1. The van der Waals surface area contributed by atoms with Gasteiger partial charge in [-0.2, -0.15) is 5.26 Å². The molecule has 0 radical (unpaired) electrons. The van der Waals surface area contributed by atoms with Crippen LogP contribution in [0.1, 0.15) is 28.4 Å². The van der Waals surface area contributed by atoms with E-state index in [0.717, 1.165) is 6.20 Å². The first-order valence-corrected chi connectivity index (χ1v) is 9.22. The van der Waals surface area contributed by atoms with Crippen LogP contribution in [0, 0.1) is 21.4 Å². The lowest BCUT2D eigenvalue weighted by molar-refractivity contribution is -0.385. The molecule has 1 aromatic heterocycles.